The number of aromatic nitrogens is 2. The average molecular weight is 332 g/mol. The van der Waals surface area contributed by atoms with Gasteiger partial charge >= 0.3 is 0 Å². The molecule has 0 N–H and O–H groups in total. The van der Waals surface area contributed by atoms with Gasteiger partial charge in [0.2, 0.25) is 5.91 Å². The Hall–Kier alpha value is -1.36. The van der Waals surface area contributed by atoms with Crippen LogP contribution in [0.1, 0.15) is 57.2 Å². The van der Waals surface area contributed by atoms with Gasteiger partial charge in [-0.1, -0.05) is 27.7 Å². The van der Waals surface area contributed by atoms with E-state index >= 15 is 0 Å². The predicted octanol–water partition coefficient (Wildman–Crippen LogP) is 2.41. The summed E-state index contributed by atoms with van der Waals surface area (Å²) in [5.41, 5.74) is 2.52. The highest BCUT2D eigenvalue weighted by atomic mass is 16.2. The first-order valence-corrected chi connectivity index (χ1v) is 9.39. The van der Waals surface area contributed by atoms with Crippen molar-refractivity contribution in [2.75, 3.05) is 26.2 Å². The van der Waals surface area contributed by atoms with Crippen LogP contribution < -0.4 is 0 Å². The number of rotatable bonds is 3. The van der Waals surface area contributed by atoms with E-state index in [0.29, 0.717) is 24.3 Å². The Morgan fingerprint density at radius 1 is 1.25 bits per heavy atom. The molecule has 2 atom stereocenters. The summed E-state index contributed by atoms with van der Waals surface area (Å²) in [4.78, 5) is 21.9. The molecule has 1 amide bonds. The molecule has 3 rings (SSSR count). The summed E-state index contributed by atoms with van der Waals surface area (Å²) in [5, 5.41) is 0. The van der Waals surface area contributed by atoms with Crippen LogP contribution in [0.2, 0.25) is 0 Å². The van der Waals surface area contributed by atoms with Crippen molar-refractivity contribution in [1.82, 2.24) is 19.4 Å². The summed E-state index contributed by atoms with van der Waals surface area (Å²) in [6.07, 6.45) is 2.23. The third kappa shape index (κ3) is 3.51. The molecule has 2 unspecified atom stereocenters. The molecule has 24 heavy (non-hydrogen) atoms. The lowest BCUT2D eigenvalue weighted by molar-refractivity contribution is -0.135. The molecule has 0 spiro atoms. The summed E-state index contributed by atoms with van der Waals surface area (Å²) in [5.74, 6) is 3.13. The van der Waals surface area contributed by atoms with Gasteiger partial charge < -0.3 is 9.47 Å². The zero-order valence-corrected chi connectivity index (χ0v) is 15.9. The Labute approximate surface area is 146 Å². The van der Waals surface area contributed by atoms with Gasteiger partial charge in [0.15, 0.2) is 0 Å². The van der Waals surface area contributed by atoms with Gasteiger partial charge in [-0.15, -0.1) is 0 Å². The monoisotopic (exact) mass is 332 g/mol. The molecule has 1 saturated heterocycles. The van der Waals surface area contributed by atoms with E-state index in [0.717, 1.165) is 38.4 Å². The molecule has 3 heterocycles. The molecular formula is C19H32N4O. The smallest absolute Gasteiger partial charge is 0.236 e. The number of fused-ring (bicyclic) bond motifs is 1. The lowest BCUT2D eigenvalue weighted by atomic mass is 9.92. The van der Waals surface area contributed by atoms with Gasteiger partial charge in [0, 0.05) is 51.3 Å². The van der Waals surface area contributed by atoms with Gasteiger partial charge in [0.1, 0.15) is 5.82 Å². The maximum atomic E-state index is 12.7. The molecule has 1 aromatic heterocycles. The third-order valence-electron chi connectivity index (χ3n) is 5.47. The molecular weight excluding hydrogens is 300 g/mol. The predicted molar refractivity (Wildman–Crippen MR) is 95.8 cm³/mol. The van der Waals surface area contributed by atoms with Gasteiger partial charge in [-0.2, -0.15) is 0 Å². The minimum Gasteiger partial charge on any atom is -0.341 e. The van der Waals surface area contributed by atoms with Crippen LogP contribution in [0.3, 0.4) is 0 Å². The summed E-state index contributed by atoms with van der Waals surface area (Å²) in [6.45, 7) is 13.0. The number of carbonyl (C=O) groups excluding carboxylic acids is 1. The molecule has 0 bridgehead atoms. The van der Waals surface area contributed by atoms with Crippen LogP contribution in [0, 0.1) is 11.8 Å². The van der Waals surface area contributed by atoms with Crippen molar-refractivity contribution >= 4 is 5.91 Å². The molecule has 134 valence electrons. The van der Waals surface area contributed by atoms with Crippen molar-refractivity contribution in [3.05, 3.63) is 17.2 Å². The highest BCUT2D eigenvalue weighted by molar-refractivity contribution is 5.78. The lowest BCUT2D eigenvalue weighted by Gasteiger charge is -2.36. The van der Waals surface area contributed by atoms with Gasteiger partial charge in [-0.05, 0) is 18.3 Å². The van der Waals surface area contributed by atoms with Crippen molar-refractivity contribution in [2.45, 2.75) is 53.0 Å². The molecule has 2 aliphatic rings. The van der Waals surface area contributed by atoms with Crippen LogP contribution in [0.25, 0.3) is 0 Å². The molecule has 1 fully saturated rings. The van der Waals surface area contributed by atoms with Crippen LogP contribution in [0.15, 0.2) is 0 Å². The van der Waals surface area contributed by atoms with Crippen LogP contribution in [0.5, 0.6) is 0 Å². The van der Waals surface area contributed by atoms with Gasteiger partial charge in [0.05, 0.1) is 12.2 Å². The molecule has 0 aromatic carbocycles. The fourth-order valence-corrected chi connectivity index (χ4v) is 4.41. The summed E-state index contributed by atoms with van der Waals surface area (Å²) in [6, 6.07) is 0. The van der Waals surface area contributed by atoms with Crippen molar-refractivity contribution in [2.24, 2.45) is 18.9 Å². The molecule has 0 saturated carbocycles. The van der Waals surface area contributed by atoms with Crippen LogP contribution in [-0.4, -0.2) is 51.4 Å². The standard InChI is InChI=1S/C19H32N4O/c1-13(2)19-20-16-11-22(7-6-17(16)21(19)5)12-18(24)23-9-14(3)8-15(4)10-23/h13-15H,6-12H2,1-5H3. The maximum absolute atomic E-state index is 12.7. The quantitative estimate of drug-likeness (QED) is 0.853. The number of piperidine rings is 1. The Morgan fingerprint density at radius 2 is 1.92 bits per heavy atom. The third-order valence-corrected chi connectivity index (χ3v) is 5.47. The topological polar surface area (TPSA) is 41.4 Å². The second kappa shape index (κ2) is 6.87. The van der Waals surface area contributed by atoms with E-state index in [1.807, 2.05) is 0 Å². The number of imidazole rings is 1. The Kier molecular flexibility index (Phi) is 5.00. The van der Waals surface area contributed by atoms with Crippen molar-refractivity contribution in [3.8, 4) is 0 Å². The van der Waals surface area contributed by atoms with Gasteiger partial charge in [-0.25, -0.2) is 4.98 Å². The first-order chi connectivity index (χ1) is 11.3. The maximum Gasteiger partial charge on any atom is 0.236 e. The van der Waals surface area contributed by atoms with E-state index in [1.54, 1.807) is 0 Å². The molecule has 1 aromatic rings. The first-order valence-electron chi connectivity index (χ1n) is 9.39. The molecule has 5 nitrogen and oxygen atoms in total. The fourth-order valence-electron chi connectivity index (χ4n) is 4.41. The lowest BCUT2D eigenvalue weighted by Crippen LogP contribution is -2.47. The normalized spacial score (nSPS) is 25.2. The van der Waals surface area contributed by atoms with E-state index in [-0.39, 0.29) is 5.91 Å². The van der Waals surface area contributed by atoms with E-state index in [4.69, 9.17) is 4.98 Å². The largest absolute Gasteiger partial charge is 0.341 e. The van der Waals surface area contributed by atoms with Crippen LogP contribution in [0.4, 0.5) is 0 Å². The molecule has 2 aliphatic heterocycles. The molecule has 5 heteroatoms. The fraction of sp³-hybridized carbons (Fsp3) is 0.789. The minimum atomic E-state index is 0.289. The number of hydrogen-bond donors (Lipinski definition) is 0. The Bertz CT molecular complexity index is 597. The summed E-state index contributed by atoms with van der Waals surface area (Å²) >= 11 is 0. The average Bonchev–Trinajstić information content (AvgIpc) is 2.83. The highest BCUT2D eigenvalue weighted by Gasteiger charge is 2.29. The zero-order valence-electron chi connectivity index (χ0n) is 15.9. The molecule has 0 aliphatic carbocycles. The van der Waals surface area contributed by atoms with Gasteiger partial charge in [-0.3, -0.25) is 9.69 Å². The molecule has 0 radical (unpaired) electrons. The Morgan fingerprint density at radius 3 is 2.54 bits per heavy atom. The number of likely N-dealkylation sites (tertiary alicyclic amines) is 1. The van der Waals surface area contributed by atoms with E-state index in [9.17, 15) is 4.79 Å². The van der Waals surface area contributed by atoms with Crippen molar-refractivity contribution in [3.63, 3.8) is 0 Å². The summed E-state index contributed by atoms with van der Waals surface area (Å²) < 4.78 is 2.26. The van der Waals surface area contributed by atoms with Crippen LogP contribution in [-0.2, 0) is 24.8 Å². The number of carbonyl (C=O) groups is 1. The van der Waals surface area contributed by atoms with Crippen LogP contribution >= 0.6 is 0 Å². The SMILES string of the molecule is CC1CC(C)CN(C(=O)CN2CCc3c(nc(C(C)C)n3C)C2)C1. The van der Waals surface area contributed by atoms with Crippen molar-refractivity contribution < 1.29 is 4.79 Å². The van der Waals surface area contributed by atoms with Gasteiger partial charge in [0.25, 0.3) is 0 Å². The Balaban J connectivity index is 1.63. The van der Waals surface area contributed by atoms with E-state index in [1.165, 1.54) is 17.8 Å². The minimum absolute atomic E-state index is 0.289. The first kappa shape index (κ1) is 17.5. The second-order valence-corrected chi connectivity index (χ2v) is 8.28. The second-order valence-electron chi connectivity index (χ2n) is 8.28. The number of hydrogen-bond acceptors (Lipinski definition) is 3. The van der Waals surface area contributed by atoms with E-state index < -0.39 is 0 Å². The van der Waals surface area contributed by atoms with E-state index in [2.05, 4.69) is 49.1 Å². The number of nitrogens with zero attached hydrogens (tertiary/aromatic N) is 4. The number of amides is 1. The highest BCUT2D eigenvalue weighted by Crippen LogP contribution is 2.24. The zero-order chi connectivity index (χ0) is 17.4. The summed E-state index contributed by atoms with van der Waals surface area (Å²) in [7, 11) is 2.12. The van der Waals surface area contributed by atoms with Crippen molar-refractivity contribution in [1.29, 1.82) is 0 Å².